The molecule has 1 atom stereocenters. The molecular formula is C68H120O6. The summed E-state index contributed by atoms with van der Waals surface area (Å²) in [6.07, 6.45) is 80.6. The van der Waals surface area contributed by atoms with Crippen molar-refractivity contribution in [2.45, 2.75) is 329 Å². The molecule has 0 fully saturated rings. The van der Waals surface area contributed by atoms with E-state index in [1.807, 2.05) is 0 Å². The average molecular weight is 1030 g/mol. The third-order valence-corrected chi connectivity index (χ3v) is 14.0. The van der Waals surface area contributed by atoms with Crippen molar-refractivity contribution in [2.75, 3.05) is 13.2 Å². The molecule has 0 spiro atoms. The molecule has 0 aromatic heterocycles. The highest BCUT2D eigenvalue weighted by atomic mass is 16.6. The smallest absolute Gasteiger partial charge is 0.306 e. The highest BCUT2D eigenvalue weighted by Gasteiger charge is 2.19. The van der Waals surface area contributed by atoms with Gasteiger partial charge in [-0.25, -0.2) is 0 Å². The van der Waals surface area contributed by atoms with Crippen LogP contribution in [0.1, 0.15) is 323 Å². The second-order valence-electron chi connectivity index (χ2n) is 21.3. The van der Waals surface area contributed by atoms with Crippen molar-refractivity contribution in [3.63, 3.8) is 0 Å². The lowest BCUT2D eigenvalue weighted by Gasteiger charge is -2.18. The predicted octanol–water partition coefficient (Wildman–Crippen LogP) is 21.7. The first-order valence-electron chi connectivity index (χ1n) is 31.9. The van der Waals surface area contributed by atoms with Crippen LogP contribution in [-0.4, -0.2) is 37.2 Å². The van der Waals surface area contributed by atoms with Crippen LogP contribution in [0.5, 0.6) is 0 Å². The lowest BCUT2D eigenvalue weighted by Crippen LogP contribution is -2.30. The Morgan fingerprint density at radius 1 is 0.284 bits per heavy atom. The molecule has 6 nitrogen and oxygen atoms in total. The van der Waals surface area contributed by atoms with Crippen molar-refractivity contribution in [3.8, 4) is 0 Å². The van der Waals surface area contributed by atoms with Gasteiger partial charge in [-0.2, -0.15) is 0 Å². The van der Waals surface area contributed by atoms with Crippen LogP contribution in [0.25, 0.3) is 0 Å². The van der Waals surface area contributed by atoms with Crippen LogP contribution in [0, 0.1) is 0 Å². The topological polar surface area (TPSA) is 78.9 Å². The fourth-order valence-corrected chi connectivity index (χ4v) is 9.21. The van der Waals surface area contributed by atoms with Crippen molar-refractivity contribution < 1.29 is 28.6 Å². The van der Waals surface area contributed by atoms with E-state index in [0.29, 0.717) is 19.3 Å². The molecular weight excluding hydrogens is 913 g/mol. The number of hydrogen-bond donors (Lipinski definition) is 0. The lowest BCUT2D eigenvalue weighted by atomic mass is 10.0. The molecule has 0 amide bonds. The number of rotatable bonds is 58. The lowest BCUT2D eigenvalue weighted by molar-refractivity contribution is -0.167. The van der Waals surface area contributed by atoms with Crippen LogP contribution in [0.2, 0.25) is 0 Å². The van der Waals surface area contributed by atoms with E-state index in [9.17, 15) is 14.4 Å². The SMILES string of the molecule is CC/C=C\C/C=C\C/C=C\C/C=C\C/C=C\C/C=C\CCCCCCCCCCCCCCC(=O)OCC(COC(=O)CCCCCCCCCCC)OC(=O)CCCCCCCCCCCCCCCCCC. The zero-order valence-electron chi connectivity index (χ0n) is 49.1. The first-order chi connectivity index (χ1) is 36.5. The minimum absolute atomic E-state index is 0.0701. The van der Waals surface area contributed by atoms with Gasteiger partial charge in [-0.15, -0.1) is 0 Å². The second kappa shape index (κ2) is 62.4. The van der Waals surface area contributed by atoms with E-state index in [1.165, 1.54) is 186 Å². The van der Waals surface area contributed by atoms with Gasteiger partial charge in [0, 0.05) is 19.3 Å². The summed E-state index contributed by atoms with van der Waals surface area (Å²) in [5.41, 5.74) is 0. The summed E-state index contributed by atoms with van der Waals surface area (Å²) < 4.78 is 16.9. The number of ether oxygens (including phenoxy) is 3. The van der Waals surface area contributed by atoms with Gasteiger partial charge in [0.2, 0.25) is 0 Å². The maximum absolute atomic E-state index is 12.9. The fourth-order valence-electron chi connectivity index (χ4n) is 9.21. The molecule has 0 N–H and O–H groups in total. The van der Waals surface area contributed by atoms with E-state index in [0.717, 1.165) is 96.3 Å². The molecule has 1 unspecified atom stereocenters. The molecule has 6 heteroatoms. The Labute approximate surface area is 459 Å². The van der Waals surface area contributed by atoms with Crippen molar-refractivity contribution in [3.05, 3.63) is 72.9 Å². The van der Waals surface area contributed by atoms with Crippen LogP contribution >= 0.6 is 0 Å². The molecule has 0 saturated carbocycles. The van der Waals surface area contributed by atoms with Gasteiger partial charge in [0.05, 0.1) is 0 Å². The Kier molecular flexibility index (Phi) is 59.7. The Hall–Kier alpha value is -3.15. The molecule has 0 aliphatic carbocycles. The van der Waals surface area contributed by atoms with Crippen molar-refractivity contribution >= 4 is 17.9 Å². The monoisotopic (exact) mass is 1030 g/mol. The van der Waals surface area contributed by atoms with Gasteiger partial charge in [0.25, 0.3) is 0 Å². The van der Waals surface area contributed by atoms with Crippen LogP contribution in [0.4, 0.5) is 0 Å². The Morgan fingerprint density at radius 2 is 0.527 bits per heavy atom. The first-order valence-corrected chi connectivity index (χ1v) is 31.9. The molecule has 428 valence electrons. The number of unbranched alkanes of at least 4 members (excludes halogenated alkanes) is 35. The van der Waals surface area contributed by atoms with Gasteiger partial charge in [-0.05, 0) is 70.6 Å². The number of carbonyl (C=O) groups excluding carboxylic acids is 3. The highest BCUT2D eigenvalue weighted by Crippen LogP contribution is 2.17. The summed E-state index contributed by atoms with van der Waals surface area (Å²) in [4.78, 5) is 38.1. The molecule has 0 rings (SSSR count). The van der Waals surface area contributed by atoms with E-state index in [4.69, 9.17) is 14.2 Å². The standard InChI is InChI=1S/C68H120O6/c1-4-7-10-13-16-19-21-23-25-27-28-29-30-31-32-33-34-35-36-37-38-39-40-41-43-44-46-49-52-55-58-61-67(70)73-64-65(63-72-66(69)60-57-54-51-48-18-15-12-9-6-3)74-68(71)62-59-56-53-50-47-45-42-26-24-22-20-17-14-11-8-5-2/h7,10,16,19,23,25,28-29,31-32,34-35,65H,4-6,8-9,11-15,17-18,20-22,24,26-27,30,33,36-64H2,1-3H3/b10-7-,19-16-,25-23-,29-28-,32-31-,35-34-. The van der Waals surface area contributed by atoms with Crippen LogP contribution in [0.15, 0.2) is 72.9 Å². The molecule has 0 aromatic rings. The van der Waals surface area contributed by atoms with Gasteiger partial charge in [-0.3, -0.25) is 14.4 Å². The largest absolute Gasteiger partial charge is 0.462 e. The summed E-state index contributed by atoms with van der Waals surface area (Å²) >= 11 is 0. The van der Waals surface area contributed by atoms with Gasteiger partial charge in [-0.1, -0.05) is 306 Å². The summed E-state index contributed by atoms with van der Waals surface area (Å²) in [7, 11) is 0. The molecule has 0 bridgehead atoms. The Balaban J connectivity index is 4.13. The quantitative estimate of drug-likeness (QED) is 0.0261. The van der Waals surface area contributed by atoms with Gasteiger partial charge < -0.3 is 14.2 Å². The van der Waals surface area contributed by atoms with Crippen molar-refractivity contribution in [1.82, 2.24) is 0 Å². The van der Waals surface area contributed by atoms with E-state index in [-0.39, 0.29) is 31.1 Å². The summed E-state index contributed by atoms with van der Waals surface area (Å²) in [6, 6.07) is 0. The van der Waals surface area contributed by atoms with Crippen LogP contribution in [0.3, 0.4) is 0 Å². The number of hydrogen-bond acceptors (Lipinski definition) is 6. The zero-order chi connectivity index (χ0) is 53.6. The molecule has 0 aromatic carbocycles. The van der Waals surface area contributed by atoms with Gasteiger partial charge >= 0.3 is 17.9 Å². The van der Waals surface area contributed by atoms with Gasteiger partial charge in [0.15, 0.2) is 6.10 Å². The Bertz CT molecular complexity index is 1370. The van der Waals surface area contributed by atoms with Crippen LogP contribution in [-0.2, 0) is 28.6 Å². The summed E-state index contributed by atoms with van der Waals surface area (Å²) in [6.45, 7) is 6.54. The Morgan fingerprint density at radius 3 is 0.824 bits per heavy atom. The van der Waals surface area contributed by atoms with E-state index < -0.39 is 6.10 Å². The normalized spacial score (nSPS) is 12.5. The molecule has 0 aliphatic rings. The fraction of sp³-hybridized carbons (Fsp3) is 0.779. The molecule has 0 radical (unpaired) electrons. The summed E-state index contributed by atoms with van der Waals surface area (Å²) in [5.74, 6) is -0.858. The van der Waals surface area contributed by atoms with Gasteiger partial charge in [0.1, 0.15) is 13.2 Å². The minimum Gasteiger partial charge on any atom is -0.462 e. The molecule has 0 saturated heterocycles. The molecule has 0 heterocycles. The highest BCUT2D eigenvalue weighted by molar-refractivity contribution is 5.71. The predicted molar refractivity (Wildman–Crippen MR) is 321 cm³/mol. The van der Waals surface area contributed by atoms with E-state index in [1.54, 1.807) is 0 Å². The second-order valence-corrected chi connectivity index (χ2v) is 21.3. The zero-order valence-corrected chi connectivity index (χ0v) is 49.1. The number of carbonyl (C=O) groups is 3. The maximum Gasteiger partial charge on any atom is 0.306 e. The average Bonchev–Trinajstić information content (AvgIpc) is 3.40. The summed E-state index contributed by atoms with van der Waals surface area (Å²) in [5, 5.41) is 0. The number of allylic oxidation sites excluding steroid dienone is 12. The molecule has 0 aliphatic heterocycles. The third-order valence-electron chi connectivity index (χ3n) is 14.0. The minimum atomic E-state index is -0.770. The van der Waals surface area contributed by atoms with Crippen molar-refractivity contribution in [1.29, 1.82) is 0 Å². The van der Waals surface area contributed by atoms with E-state index in [2.05, 4.69) is 93.7 Å². The maximum atomic E-state index is 12.9. The van der Waals surface area contributed by atoms with Crippen molar-refractivity contribution in [2.24, 2.45) is 0 Å². The van der Waals surface area contributed by atoms with Crippen LogP contribution < -0.4 is 0 Å². The van der Waals surface area contributed by atoms with E-state index >= 15 is 0 Å². The third kappa shape index (κ3) is 59.7. The number of esters is 3. The molecule has 74 heavy (non-hydrogen) atoms. The first kappa shape index (κ1) is 70.8.